The van der Waals surface area contributed by atoms with Crippen LogP contribution in [0.1, 0.15) is 12.5 Å². The van der Waals surface area contributed by atoms with Crippen molar-refractivity contribution in [2.45, 2.75) is 19.4 Å². The maximum atomic E-state index is 12.2. The number of carbonyl (C=O) groups excluding carboxylic acids is 2. The van der Waals surface area contributed by atoms with Crippen LogP contribution in [0.5, 0.6) is 0 Å². The topological polar surface area (TPSA) is 61.4 Å². The first kappa shape index (κ1) is 14.4. The molecule has 1 unspecified atom stereocenters. The van der Waals surface area contributed by atoms with E-state index in [1.54, 1.807) is 23.6 Å². The number of rotatable bonds is 2. The summed E-state index contributed by atoms with van der Waals surface area (Å²) in [4.78, 5) is 25.5. The minimum atomic E-state index is -0.120. The van der Waals surface area contributed by atoms with Gasteiger partial charge in [-0.1, -0.05) is 0 Å². The van der Waals surface area contributed by atoms with Gasteiger partial charge in [-0.15, -0.1) is 0 Å². The van der Waals surface area contributed by atoms with E-state index in [1.165, 1.54) is 0 Å². The number of hydrogen-bond donors (Lipinski definition) is 2. The summed E-state index contributed by atoms with van der Waals surface area (Å²) in [5.74, 6) is 1.95. The second-order valence-corrected chi connectivity index (χ2v) is 6.48. The van der Waals surface area contributed by atoms with Gasteiger partial charge < -0.3 is 15.5 Å². The molecule has 0 spiro atoms. The third kappa shape index (κ3) is 3.06. The van der Waals surface area contributed by atoms with Gasteiger partial charge in [-0.3, -0.25) is 9.59 Å². The Morgan fingerprint density at radius 2 is 2.29 bits per heavy atom. The lowest BCUT2D eigenvalue weighted by Crippen LogP contribution is -2.46. The molecule has 1 fully saturated rings. The van der Waals surface area contributed by atoms with E-state index in [4.69, 9.17) is 0 Å². The van der Waals surface area contributed by atoms with Crippen LogP contribution in [0.2, 0.25) is 0 Å². The van der Waals surface area contributed by atoms with Gasteiger partial charge in [0.25, 0.3) is 0 Å². The lowest BCUT2D eigenvalue weighted by atomic mass is 10.1. The Morgan fingerprint density at radius 3 is 3.00 bits per heavy atom. The second kappa shape index (κ2) is 6.07. The zero-order valence-electron chi connectivity index (χ0n) is 12.0. The van der Waals surface area contributed by atoms with Gasteiger partial charge in [0, 0.05) is 42.9 Å². The molecule has 0 saturated carbocycles. The van der Waals surface area contributed by atoms with Crippen molar-refractivity contribution in [3.05, 3.63) is 23.8 Å². The Kier molecular flexibility index (Phi) is 4.17. The summed E-state index contributed by atoms with van der Waals surface area (Å²) in [6.07, 6.45) is 0.843. The standard InChI is InChI=1S/C15H19N3O2S/c1-10(19)18-6-4-11-8-12(2-3-14(11)18)17-15(20)13-9-21-7-5-16-13/h2-3,8,13,16H,4-7,9H2,1H3,(H,17,20). The Labute approximate surface area is 128 Å². The third-order valence-corrected chi connectivity index (χ3v) is 4.92. The summed E-state index contributed by atoms with van der Waals surface area (Å²) in [6, 6.07) is 5.65. The molecule has 0 radical (unpaired) electrons. The number of anilines is 2. The van der Waals surface area contributed by atoms with E-state index < -0.39 is 0 Å². The molecule has 21 heavy (non-hydrogen) atoms. The average Bonchev–Trinajstić information content (AvgIpc) is 2.91. The maximum absolute atomic E-state index is 12.2. The van der Waals surface area contributed by atoms with E-state index in [9.17, 15) is 9.59 Å². The highest BCUT2D eigenvalue weighted by atomic mass is 32.2. The highest BCUT2D eigenvalue weighted by Crippen LogP contribution is 2.30. The Bertz CT molecular complexity index is 570. The van der Waals surface area contributed by atoms with Crippen molar-refractivity contribution in [3.8, 4) is 0 Å². The summed E-state index contributed by atoms with van der Waals surface area (Å²) in [5, 5.41) is 6.19. The molecule has 0 aliphatic carbocycles. The van der Waals surface area contributed by atoms with E-state index in [1.807, 2.05) is 18.2 Å². The molecule has 2 aliphatic heterocycles. The molecule has 6 heteroatoms. The van der Waals surface area contributed by atoms with Crippen molar-refractivity contribution in [1.29, 1.82) is 0 Å². The van der Waals surface area contributed by atoms with Crippen LogP contribution in [0.25, 0.3) is 0 Å². The number of fused-ring (bicyclic) bond motifs is 1. The van der Waals surface area contributed by atoms with Crippen molar-refractivity contribution >= 4 is 35.0 Å². The van der Waals surface area contributed by atoms with Gasteiger partial charge in [0.2, 0.25) is 11.8 Å². The maximum Gasteiger partial charge on any atom is 0.242 e. The van der Waals surface area contributed by atoms with Crippen LogP contribution in [0.3, 0.4) is 0 Å². The summed E-state index contributed by atoms with van der Waals surface area (Å²) < 4.78 is 0. The van der Waals surface area contributed by atoms with Crippen LogP contribution in [0.4, 0.5) is 11.4 Å². The number of carbonyl (C=O) groups is 2. The van der Waals surface area contributed by atoms with Crippen molar-refractivity contribution in [2.75, 3.05) is 34.8 Å². The van der Waals surface area contributed by atoms with E-state index in [-0.39, 0.29) is 17.9 Å². The summed E-state index contributed by atoms with van der Waals surface area (Å²) in [6.45, 7) is 3.18. The van der Waals surface area contributed by atoms with Crippen LogP contribution in [0, 0.1) is 0 Å². The minimum Gasteiger partial charge on any atom is -0.325 e. The van der Waals surface area contributed by atoms with Crippen molar-refractivity contribution < 1.29 is 9.59 Å². The monoisotopic (exact) mass is 305 g/mol. The fraction of sp³-hybridized carbons (Fsp3) is 0.467. The number of benzene rings is 1. The minimum absolute atomic E-state index is 0.0172. The van der Waals surface area contributed by atoms with Crippen LogP contribution in [-0.2, 0) is 16.0 Å². The summed E-state index contributed by atoms with van der Waals surface area (Å²) in [7, 11) is 0. The molecule has 112 valence electrons. The predicted molar refractivity (Wildman–Crippen MR) is 85.9 cm³/mol. The number of thioether (sulfide) groups is 1. The molecule has 3 rings (SSSR count). The molecule has 0 bridgehead atoms. The Hall–Kier alpha value is -1.53. The molecule has 1 aromatic carbocycles. The lowest BCUT2D eigenvalue weighted by molar-refractivity contribution is -0.118. The lowest BCUT2D eigenvalue weighted by Gasteiger charge is -2.22. The molecule has 2 aliphatic rings. The first-order valence-corrected chi connectivity index (χ1v) is 8.33. The highest BCUT2D eigenvalue weighted by Gasteiger charge is 2.24. The Balaban J connectivity index is 1.70. The molecular weight excluding hydrogens is 286 g/mol. The number of nitrogens with zero attached hydrogens (tertiary/aromatic N) is 1. The number of hydrogen-bond acceptors (Lipinski definition) is 4. The molecule has 1 aromatic rings. The van der Waals surface area contributed by atoms with Crippen molar-refractivity contribution in [1.82, 2.24) is 5.32 Å². The van der Waals surface area contributed by atoms with E-state index in [0.717, 1.165) is 48.0 Å². The SMILES string of the molecule is CC(=O)N1CCc2cc(NC(=O)C3CSCCN3)ccc21. The van der Waals surface area contributed by atoms with Crippen LogP contribution in [-0.4, -0.2) is 42.5 Å². The molecule has 1 saturated heterocycles. The Morgan fingerprint density at radius 1 is 1.43 bits per heavy atom. The normalized spacial score (nSPS) is 21.0. The first-order chi connectivity index (χ1) is 10.1. The third-order valence-electron chi connectivity index (χ3n) is 3.86. The van der Waals surface area contributed by atoms with Crippen LogP contribution in [0.15, 0.2) is 18.2 Å². The molecule has 2 N–H and O–H groups in total. The molecule has 5 nitrogen and oxygen atoms in total. The smallest absolute Gasteiger partial charge is 0.242 e. The molecule has 2 amide bonds. The van der Waals surface area contributed by atoms with Gasteiger partial charge in [0.05, 0.1) is 6.04 Å². The van der Waals surface area contributed by atoms with E-state index >= 15 is 0 Å². The summed E-state index contributed by atoms with van der Waals surface area (Å²) in [5.41, 5.74) is 2.89. The van der Waals surface area contributed by atoms with Gasteiger partial charge in [-0.05, 0) is 30.2 Å². The van der Waals surface area contributed by atoms with E-state index in [2.05, 4.69) is 10.6 Å². The highest BCUT2D eigenvalue weighted by molar-refractivity contribution is 7.99. The summed E-state index contributed by atoms with van der Waals surface area (Å²) >= 11 is 1.80. The van der Waals surface area contributed by atoms with Gasteiger partial charge in [0.1, 0.15) is 0 Å². The zero-order valence-corrected chi connectivity index (χ0v) is 12.8. The van der Waals surface area contributed by atoms with Crippen LogP contribution >= 0.6 is 11.8 Å². The van der Waals surface area contributed by atoms with E-state index in [0.29, 0.717) is 0 Å². The molecular formula is C15H19N3O2S. The predicted octanol–water partition coefficient (Wildman–Crippen LogP) is 1.24. The fourth-order valence-corrected chi connectivity index (χ4v) is 3.70. The average molecular weight is 305 g/mol. The van der Waals surface area contributed by atoms with Gasteiger partial charge >= 0.3 is 0 Å². The molecule has 2 heterocycles. The van der Waals surface area contributed by atoms with Crippen LogP contribution < -0.4 is 15.5 Å². The quantitative estimate of drug-likeness (QED) is 0.863. The van der Waals surface area contributed by atoms with Gasteiger partial charge in [-0.2, -0.15) is 11.8 Å². The fourth-order valence-electron chi connectivity index (χ4n) is 2.77. The zero-order chi connectivity index (χ0) is 14.8. The van der Waals surface area contributed by atoms with Gasteiger partial charge in [-0.25, -0.2) is 0 Å². The first-order valence-electron chi connectivity index (χ1n) is 7.18. The van der Waals surface area contributed by atoms with Crippen molar-refractivity contribution in [2.24, 2.45) is 0 Å². The second-order valence-electron chi connectivity index (χ2n) is 5.34. The number of nitrogens with one attached hydrogen (secondary N) is 2. The number of amides is 2. The van der Waals surface area contributed by atoms with Gasteiger partial charge in [0.15, 0.2) is 0 Å². The molecule has 0 aromatic heterocycles. The molecule has 1 atom stereocenters. The van der Waals surface area contributed by atoms with Crippen molar-refractivity contribution in [3.63, 3.8) is 0 Å². The largest absolute Gasteiger partial charge is 0.325 e.